The number of nitrogens with one attached hydrogen (secondary N) is 1. The van der Waals surface area contributed by atoms with Gasteiger partial charge in [-0.3, -0.25) is 4.98 Å². The average Bonchev–Trinajstić information content (AvgIpc) is 2.68. The van der Waals surface area contributed by atoms with Crippen LogP contribution in [0.4, 0.5) is 0 Å². The van der Waals surface area contributed by atoms with Crippen LogP contribution in [-0.4, -0.2) is 4.98 Å². The van der Waals surface area contributed by atoms with Crippen molar-refractivity contribution >= 4 is 31.9 Å². The van der Waals surface area contributed by atoms with Gasteiger partial charge >= 0.3 is 0 Å². The van der Waals surface area contributed by atoms with Crippen molar-refractivity contribution in [1.29, 1.82) is 0 Å². The first-order valence-electron chi connectivity index (χ1n) is 5.21. The van der Waals surface area contributed by atoms with Crippen LogP contribution in [0.3, 0.4) is 0 Å². The molecule has 0 radical (unpaired) electrons. The van der Waals surface area contributed by atoms with E-state index in [2.05, 4.69) is 42.2 Å². The Morgan fingerprint density at radius 1 is 1.29 bits per heavy atom. The molecular weight excluding hydrogens is 348 g/mol. The first kappa shape index (κ1) is 12.8. The predicted octanol–water partition coefficient (Wildman–Crippen LogP) is 3.80. The Kier molecular flexibility index (Phi) is 4.36. The largest absolute Gasteiger partial charge is 0.465 e. The zero-order valence-electron chi connectivity index (χ0n) is 9.34. The van der Waals surface area contributed by atoms with Crippen LogP contribution in [0.1, 0.15) is 17.2 Å². The van der Waals surface area contributed by atoms with Crippen LogP contribution in [0.15, 0.2) is 37.8 Å². The van der Waals surface area contributed by atoms with E-state index in [0.29, 0.717) is 13.1 Å². The van der Waals surface area contributed by atoms with Crippen LogP contribution >= 0.6 is 31.9 Å². The van der Waals surface area contributed by atoms with Gasteiger partial charge in [-0.2, -0.15) is 0 Å². The van der Waals surface area contributed by atoms with Crippen molar-refractivity contribution in [3.05, 3.63) is 50.6 Å². The molecule has 0 fully saturated rings. The Morgan fingerprint density at radius 3 is 2.76 bits per heavy atom. The smallest absolute Gasteiger partial charge is 0.117 e. The molecule has 0 bridgehead atoms. The van der Waals surface area contributed by atoms with Crippen LogP contribution in [0.2, 0.25) is 0 Å². The molecule has 2 heterocycles. The van der Waals surface area contributed by atoms with Crippen molar-refractivity contribution < 1.29 is 4.42 Å². The van der Waals surface area contributed by atoms with Crippen molar-refractivity contribution in [2.45, 2.75) is 20.0 Å². The van der Waals surface area contributed by atoms with Gasteiger partial charge in [-0.25, -0.2) is 0 Å². The third kappa shape index (κ3) is 3.66. The van der Waals surface area contributed by atoms with Crippen LogP contribution in [0.25, 0.3) is 0 Å². The molecule has 0 spiro atoms. The molecule has 2 rings (SSSR count). The standard InChI is InChI=1S/C12H12Br2N2O/c1-8-2-3-10(17-8)6-15-7-12-11(14)4-9(13)5-16-12/h2-5,15H,6-7H2,1H3. The molecule has 0 aliphatic heterocycles. The second-order valence-electron chi connectivity index (χ2n) is 3.70. The van der Waals surface area contributed by atoms with E-state index in [4.69, 9.17) is 4.42 Å². The fourth-order valence-electron chi connectivity index (χ4n) is 1.46. The molecule has 0 unspecified atom stereocenters. The molecule has 2 aromatic rings. The van der Waals surface area contributed by atoms with Crippen LogP contribution in [0.5, 0.6) is 0 Å². The number of rotatable bonds is 4. The van der Waals surface area contributed by atoms with Gasteiger partial charge in [-0.1, -0.05) is 0 Å². The minimum Gasteiger partial charge on any atom is -0.465 e. The molecule has 90 valence electrons. The summed E-state index contributed by atoms with van der Waals surface area (Å²) in [5, 5.41) is 3.29. The number of hydrogen-bond donors (Lipinski definition) is 1. The van der Waals surface area contributed by atoms with Gasteiger partial charge in [-0.05, 0) is 57.0 Å². The van der Waals surface area contributed by atoms with Gasteiger partial charge in [0, 0.05) is 21.7 Å². The molecule has 2 aromatic heterocycles. The number of hydrogen-bond acceptors (Lipinski definition) is 3. The summed E-state index contributed by atoms with van der Waals surface area (Å²) in [6.07, 6.45) is 1.79. The molecule has 0 atom stereocenters. The van der Waals surface area contributed by atoms with E-state index in [0.717, 1.165) is 26.2 Å². The highest BCUT2D eigenvalue weighted by molar-refractivity contribution is 9.11. The lowest BCUT2D eigenvalue weighted by Gasteiger charge is -2.05. The van der Waals surface area contributed by atoms with Crippen molar-refractivity contribution in [1.82, 2.24) is 10.3 Å². The topological polar surface area (TPSA) is 38.1 Å². The van der Waals surface area contributed by atoms with Gasteiger partial charge in [-0.15, -0.1) is 0 Å². The minimum absolute atomic E-state index is 0.702. The van der Waals surface area contributed by atoms with Crippen LogP contribution in [0, 0.1) is 6.92 Å². The highest BCUT2D eigenvalue weighted by Gasteiger charge is 2.03. The summed E-state index contributed by atoms with van der Waals surface area (Å²) in [4.78, 5) is 4.33. The van der Waals surface area contributed by atoms with E-state index in [9.17, 15) is 0 Å². The third-order valence-electron chi connectivity index (χ3n) is 2.27. The van der Waals surface area contributed by atoms with Gasteiger partial charge in [0.05, 0.1) is 12.2 Å². The van der Waals surface area contributed by atoms with Gasteiger partial charge in [0.15, 0.2) is 0 Å². The third-order valence-corrected chi connectivity index (χ3v) is 3.39. The van der Waals surface area contributed by atoms with Gasteiger partial charge in [0.25, 0.3) is 0 Å². The van der Waals surface area contributed by atoms with Crippen molar-refractivity contribution in [3.63, 3.8) is 0 Å². The van der Waals surface area contributed by atoms with E-state index in [1.165, 1.54) is 0 Å². The van der Waals surface area contributed by atoms with E-state index < -0.39 is 0 Å². The SMILES string of the molecule is Cc1ccc(CNCc2ncc(Br)cc2Br)o1. The summed E-state index contributed by atoms with van der Waals surface area (Å²) in [7, 11) is 0. The monoisotopic (exact) mass is 358 g/mol. The second-order valence-corrected chi connectivity index (χ2v) is 5.47. The Hall–Kier alpha value is -0.650. The molecule has 0 aliphatic carbocycles. The Bertz CT molecular complexity index is 511. The number of aromatic nitrogens is 1. The first-order valence-corrected chi connectivity index (χ1v) is 6.79. The fraction of sp³-hybridized carbons (Fsp3) is 0.250. The Labute approximate surface area is 117 Å². The molecule has 0 saturated heterocycles. The van der Waals surface area contributed by atoms with E-state index >= 15 is 0 Å². The predicted molar refractivity (Wildman–Crippen MR) is 73.6 cm³/mol. The van der Waals surface area contributed by atoms with Gasteiger partial charge < -0.3 is 9.73 Å². The summed E-state index contributed by atoms with van der Waals surface area (Å²) in [6, 6.07) is 5.93. The molecular formula is C12H12Br2N2O. The minimum atomic E-state index is 0.702. The molecule has 0 aromatic carbocycles. The molecule has 3 nitrogen and oxygen atoms in total. The molecule has 1 N–H and O–H groups in total. The molecule has 5 heteroatoms. The number of aryl methyl sites for hydroxylation is 1. The number of halogens is 2. The van der Waals surface area contributed by atoms with E-state index in [-0.39, 0.29) is 0 Å². The fourth-order valence-corrected chi connectivity index (χ4v) is 2.58. The lowest BCUT2D eigenvalue weighted by atomic mass is 10.3. The lowest BCUT2D eigenvalue weighted by Crippen LogP contribution is -2.13. The molecule has 0 aliphatic rings. The van der Waals surface area contributed by atoms with Crippen LogP contribution < -0.4 is 5.32 Å². The van der Waals surface area contributed by atoms with Crippen molar-refractivity contribution in [2.75, 3.05) is 0 Å². The highest BCUT2D eigenvalue weighted by atomic mass is 79.9. The molecule has 17 heavy (non-hydrogen) atoms. The maximum absolute atomic E-state index is 5.47. The Balaban J connectivity index is 1.90. The summed E-state index contributed by atoms with van der Waals surface area (Å²) in [5.74, 6) is 1.88. The zero-order valence-corrected chi connectivity index (χ0v) is 12.5. The lowest BCUT2D eigenvalue weighted by molar-refractivity contribution is 0.460. The summed E-state index contributed by atoms with van der Waals surface area (Å²) >= 11 is 6.86. The zero-order chi connectivity index (χ0) is 12.3. The van der Waals surface area contributed by atoms with E-state index in [1.807, 2.05) is 25.1 Å². The second kappa shape index (κ2) is 5.80. The van der Waals surface area contributed by atoms with Gasteiger partial charge in [0.2, 0.25) is 0 Å². The maximum atomic E-state index is 5.47. The normalized spacial score (nSPS) is 10.8. The number of nitrogens with zero attached hydrogens (tertiary/aromatic N) is 1. The molecule has 0 saturated carbocycles. The van der Waals surface area contributed by atoms with Gasteiger partial charge in [0.1, 0.15) is 11.5 Å². The van der Waals surface area contributed by atoms with Crippen molar-refractivity contribution in [2.24, 2.45) is 0 Å². The Morgan fingerprint density at radius 2 is 2.12 bits per heavy atom. The summed E-state index contributed by atoms with van der Waals surface area (Å²) < 4.78 is 7.43. The van der Waals surface area contributed by atoms with E-state index in [1.54, 1.807) is 6.20 Å². The van der Waals surface area contributed by atoms with Crippen molar-refractivity contribution in [3.8, 4) is 0 Å². The number of pyridine rings is 1. The first-order chi connectivity index (χ1) is 8.15. The van der Waals surface area contributed by atoms with Crippen LogP contribution in [-0.2, 0) is 13.1 Å². The highest BCUT2D eigenvalue weighted by Crippen LogP contribution is 2.19. The summed E-state index contributed by atoms with van der Waals surface area (Å²) in [5.41, 5.74) is 0.983. The average molecular weight is 360 g/mol. The number of furan rings is 1. The quantitative estimate of drug-likeness (QED) is 0.902. The maximum Gasteiger partial charge on any atom is 0.117 e. The summed E-state index contributed by atoms with van der Waals surface area (Å²) in [6.45, 7) is 3.35. The molecule has 0 amide bonds.